The number of aliphatic hydroxyl groups excluding tert-OH is 2. The van der Waals surface area contributed by atoms with Crippen LogP contribution in [0.2, 0.25) is 0 Å². The molecule has 0 bridgehead atoms. The fourth-order valence-corrected chi connectivity index (χ4v) is 2.27. The molecule has 3 atom stereocenters. The second kappa shape index (κ2) is 9.15. The first-order valence-corrected chi connectivity index (χ1v) is 7.39. The van der Waals surface area contributed by atoms with Crippen molar-refractivity contribution in [2.24, 2.45) is 5.73 Å². The molecule has 0 saturated carbocycles. The predicted molar refractivity (Wildman–Crippen MR) is 79.5 cm³/mol. The summed E-state index contributed by atoms with van der Waals surface area (Å²) in [5.74, 6) is -3.29. The van der Waals surface area contributed by atoms with Gasteiger partial charge in [0, 0.05) is 6.54 Å². The molecular formula is C13H22N4O7. The summed E-state index contributed by atoms with van der Waals surface area (Å²) in [6.45, 7) is -1.43. The summed E-state index contributed by atoms with van der Waals surface area (Å²) in [7, 11) is 0. The maximum Gasteiger partial charge on any atom is 0.328 e. The first-order chi connectivity index (χ1) is 11.3. The van der Waals surface area contributed by atoms with Gasteiger partial charge in [0.1, 0.15) is 18.1 Å². The standard InChI is InChI=1S/C13H22N4O7/c14-7(5-18)11(21)15-4-10(20)17-3-1-2-9(17)12(22)16-8(6-19)13(23)24/h7-9,18-19H,1-6,14H2,(H,15,21)(H,16,22)(H,23,24)/t7-,8-,9-/m0/s1. The molecule has 1 saturated heterocycles. The third kappa shape index (κ3) is 5.15. The van der Waals surface area contributed by atoms with Crippen LogP contribution in [0.1, 0.15) is 12.8 Å². The number of hydrogen-bond donors (Lipinski definition) is 6. The molecule has 11 heteroatoms. The summed E-state index contributed by atoms with van der Waals surface area (Å²) in [5.41, 5.74) is 5.30. The van der Waals surface area contributed by atoms with Crippen molar-refractivity contribution in [2.75, 3.05) is 26.3 Å². The van der Waals surface area contributed by atoms with Crippen molar-refractivity contribution in [2.45, 2.75) is 31.0 Å². The van der Waals surface area contributed by atoms with Crippen LogP contribution < -0.4 is 16.4 Å². The Bertz CT molecular complexity index is 499. The van der Waals surface area contributed by atoms with Crippen LogP contribution in [0.5, 0.6) is 0 Å². The monoisotopic (exact) mass is 346 g/mol. The molecule has 0 aliphatic carbocycles. The minimum Gasteiger partial charge on any atom is -0.480 e. The van der Waals surface area contributed by atoms with Crippen molar-refractivity contribution in [3.63, 3.8) is 0 Å². The van der Waals surface area contributed by atoms with Gasteiger partial charge in [-0.25, -0.2) is 4.79 Å². The van der Waals surface area contributed by atoms with Crippen LogP contribution in [0.25, 0.3) is 0 Å². The summed E-state index contributed by atoms with van der Waals surface area (Å²) in [5, 5.41) is 30.9. The van der Waals surface area contributed by atoms with E-state index in [1.807, 2.05) is 0 Å². The molecule has 1 rings (SSSR count). The number of aliphatic carboxylic acids is 1. The third-order valence-electron chi connectivity index (χ3n) is 3.62. The van der Waals surface area contributed by atoms with E-state index in [4.69, 9.17) is 21.1 Å². The number of carbonyl (C=O) groups is 4. The van der Waals surface area contributed by atoms with Gasteiger partial charge in [-0.1, -0.05) is 0 Å². The Labute approximate surface area is 137 Å². The number of carboxylic acid groups (broad SMARTS) is 1. The van der Waals surface area contributed by atoms with Crippen LogP contribution in [0.3, 0.4) is 0 Å². The SMILES string of the molecule is N[C@@H](CO)C(=O)NCC(=O)N1CCC[C@H]1C(=O)N[C@@H](CO)C(=O)O. The first kappa shape index (κ1) is 19.8. The minimum absolute atomic E-state index is 0.287. The van der Waals surface area contributed by atoms with E-state index in [-0.39, 0.29) is 6.54 Å². The van der Waals surface area contributed by atoms with Crippen LogP contribution in [0.4, 0.5) is 0 Å². The third-order valence-corrected chi connectivity index (χ3v) is 3.62. The maximum absolute atomic E-state index is 12.1. The molecule has 1 aliphatic heterocycles. The van der Waals surface area contributed by atoms with Gasteiger partial charge >= 0.3 is 5.97 Å². The molecule has 7 N–H and O–H groups in total. The van der Waals surface area contributed by atoms with E-state index in [0.29, 0.717) is 12.8 Å². The van der Waals surface area contributed by atoms with Gasteiger partial charge in [0.25, 0.3) is 0 Å². The lowest BCUT2D eigenvalue weighted by Crippen LogP contribution is -2.54. The lowest BCUT2D eigenvalue weighted by atomic mass is 10.2. The largest absolute Gasteiger partial charge is 0.480 e. The van der Waals surface area contributed by atoms with Crippen molar-refractivity contribution in [1.82, 2.24) is 15.5 Å². The predicted octanol–water partition coefficient (Wildman–Crippen LogP) is -4.03. The minimum atomic E-state index is -1.45. The summed E-state index contributed by atoms with van der Waals surface area (Å²) in [4.78, 5) is 47.7. The highest BCUT2D eigenvalue weighted by Crippen LogP contribution is 2.17. The molecule has 0 spiro atoms. The van der Waals surface area contributed by atoms with Gasteiger partial charge in [0.2, 0.25) is 17.7 Å². The topological polar surface area (TPSA) is 182 Å². The van der Waals surface area contributed by atoms with Gasteiger partial charge in [0.05, 0.1) is 19.8 Å². The molecule has 0 aromatic carbocycles. The van der Waals surface area contributed by atoms with Crippen molar-refractivity contribution in [1.29, 1.82) is 0 Å². The van der Waals surface area contributed by atoms with E-state index in [1.54, 1.807) is 0 Å². The van der Waals surface area contributed by atoms with Gasteiger partial charge in [-0.2, -0.15) is 0 Å². The zero-order chi connectivity index (χ0) is 18.3. The smallest absolute Gasteiger partial charge is 0.328 e. The van der Waals surface area contributed by atoms with Crippen LogP contribution >= 0.6 is 0 Å². The number of amides is 3. The number of hydrogen-bond acceptors (Lipinski definition) is 7. The highest BCUT2D eigenvalue weighted by atomic mass is 16.4. The van der Waals surface area contributed by atoms with Crippen molar-refractivity contribution in [3.05, 3.63) is 0 Å². The Balaban J connectivity index is 2.60. The summed E-state index contributed by atoms with van der Waals surface area (Å²) < 4.78 is 0. The zero-order valence-electron chi connectivity index (χ0n) is 13.0. The molecule has 0 unspecified atom stereocenters. The van der Waals surface area contributed by atoms with E-state index < -0.39 is 61.6 Å². The van der Waals surface area contributed by atoms with Gasteiger partial charge in [0.15, 0.2) is 0 Å². The van der Waals surface area contributed by atoms with Crippen molar-refractivity contribution < 1.29 is 34.5 Å². The van der Waals surface area contributed by atoms with E-state index in [0.717, 1.165) is 0 Å². The molecule has 1 aliphatic rings. The highest BCUT2D eigenvalue weighted by molar-refractivity contribution is 5.93. The van der Waals surface area contributed by atoms with Gasteiger partial charge in [-0.05, 0) is 12.8 Å². The Morgan fingerprint density at radius 3 is 2.42 bits per heavy atom. The molecular weight excluding hydrogens is 324 g/mol. The fraction of sp³-hybridized carbons (Fsp3) is 0.692. The fourth-order valence-electron chi connectivity index (χ4n) is 2.27. The van der Waals surface area contributed by atoms with E-state index >= 15 is 0 Å². The van der Waals surface area contributed by atoms with Gasteiger partial charge < -0.3 is 36.6 Å². The molecule has 136 valence electrons. The molecule has 1 fully saturated rings. The Morgan fingerprint density at radius 1 is 1.21 bits per heavy atom. The number of nitrogens with two attached hydrogens (primary N) is 1. The van der Waals surface area contributed by atoms with E-state index in [9.17, 15) is 19.2 Å². The molecule has 0 radical (unpaired) electrons. The van der Waals surface area contributed by atoms with Gasteiger partial charge in [-0.15, -0.1) is 0 Å². The Hall–Kier alpha value is -2.24. The van der Waals surface area contributed by atoms with Crippen molar-refractivity contribution >= 4 is 23.7 Å². The number of likely N-dealkylation sites (tertiary alicyclic amines) is 1. The molecule has 1 heterocycles. The van der Waals surface area contributed by atoms with Crippen LogP contribution in [-0.2, 0) is 19.2 Å². The second-order valence-electron chi connectivity index (χ2n) is 5.33. The van der Waals surface area contributed by atoms with Crippen LogP contribution in [0.15, 0.2) is 0 Å². The molecule has 11 nitrogen and oxygen atoms in total. The average molecular weight is 346 g/mol. The maximum atomic E-state index is 12.1. The number of aliphatic hydroxyl groups is 2. The summed E-state index contributed by atoms with van der Waals surface area (Å²) in [6.07, 6.45) is 0.893. The summed E-state index contributed by atoms with van der Waals surface area (Å²) >= 11 is 0. The van der Waals surface area contributed by atoms with Gasteiger partial charge in [-0.3, -0.25) is 14.4 Å². The van der Waals surface area contributed by atoms with E-state index in [1.165, 1.54) is 4.90 Å². The second-order valence-corrected chi connectivity index (χ2v) is 5.33. The van der Waals surface area contributed by atoms with E-state index in [2.05, 4.69) is 10.6 Å². The first-order valence-electron chi connectivity index (χ1n) is 7.39. The Kier molecular flexibility index (Phi) is 7.55. The number of nitrogens with zero attached hydrogens (tertiary/aromatic N) is 1. The number of carboxylic acids is 1. The molecule has 0 aromatic rings. The van der Waals surface area contributed by atoms with Crippen LogP contribution in [-0.4, -0.2) is 88.3 Å². The number of nitrogens with one attached hydrogen (secondary N) is 2. The normalized spacial score (nSPS) is 19.5. The van der Waals surface area contributed by atoms with Crippen molar-refractivity contribution in [3.8, 4) is 0 Å². The van der Waals surface area contributed by atoms with Crippen LogP contribution in [0, 0.1) is 0 Å². The number of carbonyl (C=O) groups excluding carboxylic acids is 3. The Morgan fingerprint density at radius 2 is 1.88 bits per heavy atom. The quantitative estimate of drug-likeness (QED) is 0.257. The zero-order valence-corrected chi connectivity index (χ0v) is 13.0. The summed E-state index contributed by atoms with van der Waals surface area (Å²) in [6, 6.07) is -3.46. The number of rotatable bonds is 8. The molecule has 0 aromatic heterocycles. The molecule has 24 heavy (non-hydrogen) atoms. The lowest BCUT2D eigenvalue weighted by molar-refractivity contribution is -0.145. The average Bonchev–Trinajstić information content (AvgIpc) is 3.05. The highest BCUT2D eigenvalue weighted by Gasteiger charge is 2.35. The lowest BCUT2D eigenvalue weighted by Gasteiger charge is -2.25. The molecule has 3 amide bonds.